The summed E-state index contributed by atoms with van der Waals surface area (Å²) < 4.78 is 6.37. The molecule has 3 amide bonds. The molecule has 0 aromatic heterocycles. The Bertz CT molecular complexity index is 1500. The predicted octanol–water partition coefficient (Wildman–Crippen LogP) is 5.46. The second-order valence-corrected chi connectivity index (χ2v) is 12.4. The van der Waals surface area contributed by atoms with Crippen LogP contribution in [0.25, 0.3) is 0 Å². The minimum absolute atomic E-state index is 0.258. The number of benzene rings is 3. The molecule has 1 saturated heterocycles. The highest BCUT2D eigenvalue weighted by molar-refractivity contribution is 9.10. The number of imide groups is 1. The molecule has 0 spiro atoms. The van der Waals surface area contributed by atoms with E-state index in [1.807, 2.05) is 74.5 Å². The molecule has 0 saturated carbocycles. The first-order chi connectivity index (χ1) is 19.6. The fraction of sp³-hybridized carbons (Fsp3) is 0.333. The van der Waals surface area contributed by atoms with Crippen molar-refractivity contribution < 1.29 is 23.9 Å². The lowest BCUT2D eigenvalue weighted by Crippen LogP contribution is -2.49. The first-order valence-corrected chi connectivity index (χ1v) is 14.7. The van der Waals surface area contributed by atoms with Gasteiger partial charge in [0.15, 0.2) is 6.61 Å². The Morgan fingerprint density at radius 1 is 0.854 bits per heavy atom. The highest BCUT2D eigenvalue weighted by Crippen LogP contribution is 2.61. The zero-order valence-corrected chi connectivity index (χ0v) is 24.9. The van der Waals surface area contributed by atoms with Crippen LogP contribution in [0.5, 0.6) is 0 Å². The number of aryl methyl sites for hydroxylation is 2. The monoisotopic (exact) mass is 614 g/mol. The van der Waals surface area contributed by atoms with E-state index in [1.54, 1.807) is 13.8 Å². The van der Waals surface area contributed by atoms with Gasteiger partial charge in [-0.3, -0.25) is 19.3 Å². The van der Waals surface area contributed by atoms with Crippen molar-refractivity contribution in [2.45, 2.75) is 45.6 Å². The summed E-state index contributed by atoms with van der Waals surface area (Å²) in [6.45, 7) is 6.81. The zero-order valence-electron chi connectivity index (χ0n) is 23.3. The first kappa shape index (κ1) is 27.4. The molecule has 3 aromatic carbocycles. The van der Waals surface area contributed by atoms with Crippen LogP contribution in [-0.4, -0.2) is 41.2 Å². The summed E-state index contributed by atoms with van der Waals surface area (Å²) in [5, 5.41) is 2.79. The van der Waals surface area contributed by atoms with Crippen LogP contribution < -0.4 is 5.32 Å². The van der Waals surface area contributed by atoms with Gasteiger partial charge in [0, 0.05) is 22.0 Å². The lowest BCUT2D eigenvalue weighted by Gasteiger charge is -2.45. The maximum Gasteiger partial charge on any atom is 0.330 e. The number of ether oxygens (including phenoxy) is 1. The molecule has 7 nitrogen and oxygen atoms in total. The molecule has 3 aliphatic carbocycles. The van der Waals surface area contributed by atoms with E-state index in [9.17, 15) is 19.2 Å². The smallest absolute Gasteiger partial charge is 0.330 e. The van der Waals surface area contributed by atoms with Crippen molar-refractivity contribution in [1.29, 1.82) is 0 Å². The molecule has 2 bridgehead atoms. The van der Waals surface area contributed by atoms with Crippen molar-refractivity contribution in [1.82, 2.24) is 4.90 Å². The van der Waals surface area contributed by atoms with Crippen LogP contribution in [0.1, 0.15) is 59.1 Å². The van der Waals surface area contributed by atoms with Gasteiger partial charge in [-0.2, -0.15) is 0 Å². The van der Waals surface area contributed by atoms with Crippen molar-refractivity contribution >= 4 is 45.3 Å². The lowest BCUT2D eigenvalue weighted by atomic mass is 9.55. The Hall–Kier alpha value is -3.78. The summed E-state index contributed by atoms with van der Waals surface area (Å²) >= 11 is 3.48. The Kier molecular flexibility index (Phi) is 6.85. The van der Waals surface area contributed by atoms with E-state index in [-0.39, 0.29) is 23.7 Å². The van der Waals surface area contributed by atoms with E-state index in [2.05, 4.69) is 21.2 Å². The highest BCUT2D eigenvalue weighted by Gasteiger charge is 2.63. The van der Waals surface area contributed by atoms with Gasteiger partial charge in [-0.1, -0.05) is 78.3 Å². The van der Waals surface area contributed by atoms with Gasteiger partial charge in [-0.05, 0) is 65.3 Å². The summed E-state index contributed by atoms with van der Waals surface area (Å²) in [5.74, 6) is -4.05. The maximum atomic E-state index is 14.1. The van der Waals surface area contributed by atoms with Crippen molar-refractivity contribution in [3.8, 4) is 0 Å². The average molecular weight is 616 g/mol. The molecule has 3 atom stereocenters. The first-order valence-electron chi connectivity index (χ1n) is 13.9. The lowest BCUT2D eigenvalue weighted by molar-refractivity contribution is -0.162. The molecule has 4 aliphatic rings. The number of esters is 1. The number of anilines is 1. The molecule has 1 aliphatic heterocycles. The number of carbonyl (C=O) groups is 4. The van der Waals surface area contributed by atoms with Gasteiger partial charge in [-0.15, -0.1) is 0 Å². The fourth-order valence-electron chi connectivity index (χ4n) is 6.97. The molecule has 1 heterocycles. The highest BCUT2D eigenvalue weighted by atomic mass is 79.9. The maximum absolute atomic E-state index is 14.1. The Labute approximate surface area is 247 Å². The SMILES string of the molecule is Cc1cc(NC(=O)COC(=O)[C@H](C(C)C)N2C(=O)[C@@H]3C4c5ccccc5C(c5ccccc54)[C@@H]3C2=O)c(C)cc1Br. The van der Waals surface area contributed by atoms with Crippen LogP contribution in [0, 0.1) is 31.6 Å². The van der Waals surface area contributed by atoms with Crippen molar-refractivity contribution in [3.05, 3.63) is 98.5 Å². The average Bonchev–Trinajstić information content (AvgIpc) is 3.20. The van der Waals surface area contributed by atoms with Crippen LogP contribution in [0.4, 0.5) is 5.69 Å². The van der Waals surface area contributed by atoms with Gasteiger partial charge in [0.25, 0.3) is 5.91 Å². The summed E-state index contributed by atoms with van der Waals surface area (Å²) in [5.41, 5.74) is 6.70. The molecule has 8 heteroatoms. The molecular weight excluding hydrogens is 584 g/mol. The minimum atomic E-state index is -1.13. The van der Waals surface area contributed by atoms with E-state index < -0.39 is 42.3 Å². The van der Waals surface area contributed by atoms with Gasteiger partial charge in [0.05, 0.1) is 11.8 Å². The number of rotatable bonds is 6. The summed E-state index contributed by atoms with van der Waals surface area (Å²) in [6, 6.07) is 18.6. The van der Waals surface area contributed by atoms with E-state index in [4.69, 9.17) is 4.74 Å². The number of amides is 3. The number of hydrogen-bond donors (Lipinski definition) is 1. The largest absolute Gasteiger partial charge is 0.454 e. The number of halogens is 1. The van der Waals surface area contributed by atoms with Gasteiger partial charge in [-0.25, -0.2) is 4.79 Å². The Morgan fingerprint density at radius 3 is 1.80 bits per heavy atom. The number of carbonyl (C=O) groups excluding carboxylic acids is 4. The van der Waals surface area contributed by atoms with Crippen LogP contribution in [0.15, 0.2) is 65.1 Å². The third kappa shape index (κ3) is 4.31. The van der Waals surface area contributed by atoms with E-state index in [1.165, 1.54) is 0 Å². The van der Waals surface area contributed by atoms with Gasteiger partial charge >= 0.3 is 5.97 Å². The molecule has 0 unspecified atom stereocenters. The standard InChI is InChI=1S/C33H31BrN2O5/c1-16(2)30(33(40)41-15-25(37)35-24-14-17(3)23(34)13-18(24)4)36-31(38)28-26-19-9-5-6-10-20(19)27(29(28)32(36)39)22-12-8-7-11-21(22)26/h5-14,16,26-30H,15H2,1-4H3,(H,35,37)/t26?,27?,28-,29+,30-/m0/s1. The molecule has 1 N–H and O–H groups in total. The number of nitrogens with one attached hydrogen (secondary N) is 1. The van der Waals surface area contributed by atoms with E-state index in [0.717, 1.165) is 42.8 Å². The third-order valence-electron chi connectivity index (χ3n) is 8.76. The van der Waals surface area contributed by atoms with Gasteiger partial charge in [0.1, 0.15) is 6.04 Å². The van der Waals surface area contributed by atoms with Crippen molar-refractivity contribution in [2.75, 3.05) is 11.9 Å². The molecular formula is C33H31BrN2O5. The van der Waals surface area contributed by atoms with Crippen LogP contribution in [-0.2, 0) is 23.9 Å². The number of nitrogens with zero attached hydrogens (tertiary/aromatic N) is 1. The van der Waals surface area contributed by atoms with E-state index in [0.29, 0.717) is 5.69 Å². The van der Waals surface area contributed by atoms with Gasteiger partial charge in [0.2, 0.25) is 11.8 Å². The van der Waals surface area contributed by atoms with Crippen LogP contribution >= 0.6 is 15.9 Å². The van der Waals surface area contributed by atoms with Crippen LogP contribution in [0.2, 0.25) is 0 Å². The fourth-order valence-corrected chi connectivity index (χ4v) is 7.43. The van der Waals surface area contributed by atoms with Crippen LogP contribution in [0.3, 0.4) is 0 Å². The van der Waals surface area contributed by atoms with Gasteiger partial charge < -0.3 is 10.1 Å². The quantitative estimate of drug-likeness (QED) is 0.294. The second kappa shape index (κ2) is 10.2. The topological polar surface area (TPSA) is 92.8 Å². The van der Waals surface area contributed by atoms with Crippen molar-refractivity contribution in [2.24, 2.45) is 17.8 Å². The number of hydrogen-bond acceptors (Lipinski definition) is 5. The molecule has 0 radical (unpaired) electrons. The third-order valence-corrected chi connectivity index (χ3v) is 9.61. The van der Waals surface area contributed by atoms with Crippen molar-refractivity contribution in [3.63, 3.8) is 0 Å². The normalized spacial score (nSPS) is 22.7. The molecule has 1 fully saturated rings. The molecule has 3 aromatic rings. The molecule has 7 rings (SSSR count). The summed E-state index contributed by atoms with van der Waals surface area (Å²) in [4.78, 5) is 55.5. The predicted molar refractivity (Wildman–Crippen MR) is 157 cm³/mol. The van der Waals surface area contributed by atoms with E-state index >= 15 is 0 Å². The molecule has 210 valence electrons. The summed E-state index contributed by atoms with van der Waals surface area (Å²) in [6.07, 6.45) is 0. The minimum Gasteiger partial charge on any atom is -0.454 e. The summed E-state index contributed by atoms with van der Waals surface area (Å²) in [7, 11) is 0. The molecule has 41 heavy (non-hydrogen) atoms. The zero-order chi connectivity index (χ0) is 29.2. The Balaban J connectivity index is 1.25. The second-order valence-electron chi connectivity index (χ2n) is 11.6. The number of likely N-dealkylation sites (tertiary alicyclic amines) is 1. The Morgan fingerprint density at radius 2 is 1.34 bits per heavy atom.